The van der Waals surface area contributed by atoms with E-state index in [1.165, 1.54) is 0 Å². The first-order valence-electron chi connectivity index (χ1n) is 8.67. The molecule has 0 saturated carbocycles. The van der Waals surface area contributed by atoms with Crippen LogP contribution in [0.4, 0.5) is 11.5 Å². The van der Waals surface area contributed by atoms with Crippen molar-refractivity contribution in [3.05, 3.63) is 63.0 Å². The number of pyridine rings is 1. The van der Waals surface area contributed by atoms with E-state index in [1.54, 1.807) is 11.3 Å². The fourth-order valence-corrected chi connectivity index (χ4v) is 4.42. The summed E-state index contributed by atoms with van der Waals surface area (Å²) < 4.78 is 2.20. The maximum atomic E-state index is 12.7. The number of anilines is 2. The highest BCUT2D eigenvalue weighted by Crippen LogP contribution is 2.36. The first kappa shape index (κ1) is 18.2. The molecule has 2 aromatic carbocycles. The van der Waals surface area contributed by atoms with Gasteiger partial charge in [0.25, 0.3) is 5.91 Å². The summed E-state index contributed by atoms with van der Waals surface area (Å²) in [6, 6.07) is 16.0. The van der Waals surface area contributed by atoms with Gasteiger partial charge in [-0.25, -0.2) is 4.98 Å². The fraction of sp³-hybridized carbons (Fsp3) is 0.143. The van der Waals surface area contributed by atoms with Crippen LogP contribution < -0.4 is 10.6 Å². The van der Waals surface area contributed by atoms with Crippen molar-refractivity contribution in [3.63, 3.8) is 0 Å². The molecule has 4 aromatic rings. The molecule has 1 amide bonds. The average molecular weight is 487 g/mol. The molecular formula is C21H18IN3OS. The molecule has 6 heteroatoms. The Labute approximate surface area is 175 Å². The third kappa shape index (κ3) is 3.51. The minimum absolute atomic E-state index is 0.0705. The second-order valence-electron chi connectivity index (χ2n) is 6.56. The largest absolute Gasteiger partial charge is 0.350 e. The number of benzene rings is 2. The van der Waals surface area contributed by atoms with Crippen molar-refractivity contribution in [1.29, 1.82) is 0 Å². The molecule has 0 atom stereocenters. The van der Waals surface area contributed by atoms with Crippen LogP contribution in [0.5, 0.6) is 0 Å². The predicted octanol–water partition coefficient (Wildman–Crippen LogP) is 5.94. The first-order chi connectivity index (χ1) is 13.0. The summed E-state index contributed by atoms with van der Waals surface area (Å²) in [6.07, 6.45) is 0. The van der Waals surface area contributed by atoms with Gasteiger partial charge >= 0.3 is 0 Å². The van der Waals surface area contributed by atoms with Crippen molar-refractivity contribution in [3.8, 4) is 0 Å². The Morgan fingerprint density at radius 2 is 1.89 bits per heavy atom. The van der Waals surface area contributed by atoms with E-state index < -0.39 is 0 Å². The van der Waals surface area contributed by atoms with Gasteiger partial charge in [-0.3, -0.25) is 4.79 Å². The Bertz CT molecular complexity index is 1150. The van der Waals surface area contributed by atoms with E-state index in [0.717, 1.165) is 36.1 Å². The molecule has 27 heavy (non-hydrogen) atoms. The lowest BCUT2D eigenvalue weighted by Gasteiger charge is -2.13. The molecule has 0 radical (unpaired) electrons. The van der Waals surface area contributed by atoms with Gasteiger partial charge in [0.2, 0.25) is 0 Å². The molecule has 4 nitrogen and oxygen atoms in total. The normalized spacial score (nSPS) is 11.3. The van der Waals surface area contributed by atoms with Gasteiger partial charge in [0.05, 0.1) is 21.5 Å². The molecule has 0 aliphatic rings. The molecule has 2 aromatic heterocycles. The summed E-state index contributed by atoms with van der Waals surface area (Å²) in [5.74, 6) is 0.680. The Morgan fingerprint density at radius 1 is 1.07 bits per heavy atom. The lowest BCUT2D eigenvalue weighted by atomic mass is 10.1. The van der Waals surface area contributed by atoms with Crippen LogP contribution in [-0.4, -0.2) is 16.9 Å². The Balaban J connectivity index is 1.92. The molecule has 0 spiro atoms. The Kier molecular flexibility index (Phi) is 5.01. The zero-order valence-corrected chi connectivity index (χ0v) is 17.9. The number of para-hydroxylation sites is 2. The van der Waals surface area contributed by atoms with Crippen LogP contribution in [0.1, 0.15) is 24.2 Å². The van der Waals surface area contributed by atoms with Gasteiger partial charge in [0.1, 0.15) is 5.82 Å². The molecule has 0 aliphatic heterocycles. The van der Waals surface area contributed by atoms with E-state index in [4.69, 9.17) is 4.98 Å². The standard InChI is InChI=1S/C21H18IN3OS/c1-12(2)23-21(26)15-7-5-6-13-14-10-11-27-19(14)20(25-18(13)15)24-17-9-4-3-8-16(17)22/h3-12H,1-2H3,(H,23,26)(H,24,25). The molecule has 0 aliphatic carbocycles. The predicted molar refractivity (Wildman–Crippen MR) is 122 cm³/mol. The maximum absolute atomic E-state index is 12.7. The zero-order chi connectivity index (χ0) is 19.0. The average Bonchev–Trinajstić information content (AvgIpc) is 3.13. The molecule has 0 bridgehead atoms. The highest BCUT2D eigenvalue weighted by Gasteiger charge is 2.17. The van der Waals surface area contributed by atoms with Crippen LogP contribution in [0.2, 0.25) is 0 Å². The topological polar surface area (TPSA) is 54.0 Å². The molecule has 0 saturated heterocycles. The summed E-state index contributed by atoms with van der Waals surface area (Å²) in [5.41, 5.74) is 2.32. The summed E-state index contributed by atoms with van der Waals surface area (Å²) in [5, 5.41) is 10.6. The number of carbonyl (C=O) groups excluding carboxylic acids is 1. The number of nitrogens with one attached hydrogen (secondary N) is 2. The SMILES string of the molecule is CC(C)NC(=O)c1cccc2c1nc(Nc1ccccc1I)c1sccc12. The second-order valence-corrected chi connectivity index (χ2v) is 8.64. The van der Waals surface area contributed by atoms with Gasteiger partial charge in [-0.1, -0.05) is 24.3 Å². The third-order valence-corrected chi connectivity index (χ3v) is 6.08. The molecular weight excluding hydrogens is 469 g/mol. The van der Waals surface area contributed by atoms with Crippen LogP contribution in [0, 0.1) is 3.57 Å². The van der Waals surface area contributed by atoms with Gasteiger partial charge < -0.3 is 10.6 Å². The van der Waals surface area contributed by atoms with Crippen molar-refractivity contribution in [2.45, 2.75) is 19.9 Å². The number of amides is 1. The van der Waals surface area contributed by atoms with Crippen molar-refractivity contribution >= 4 is 72.3 Å². The van der Waals surface area contributed by atoms with Crippen molar-refractivity contribution < 1.29 is 4.79 Å². The number of halogens is 1. The molecule has 0 fully saturated rings. The van der Waals surface area contributed by atoms with Crippen molar-refractivity contribution in [1.82, 2.24) is 10.3 Å². The van der Waals surface area contributed by atoms with Gasteiger partial charge in [-0.05, 0) is 66.1 Å². The number of hydrogen-bond donors (Lipinski definition) is 2. The van der Waals surface area contributed by atoms with Crippen LogP contribution in [0.15, 0.2) is 53.9 Å². The third-order valence-electron chi connectivity index (χ3n) is 4.22. The summed E-state index contributed by atoms with van der Waals surface area (Å²) >= 11 is 3.96. The second kappa shape index (κ2) is 7.44. The van der Waals surface area contributed by atoms with E-state index in [0.29, 0.717) is 5.56 Å². The number of hydrogen-bond acceptors (Lipinski definition) is 4. The minimum Gasteiger partial charge on any atom is -0.350 e. The van der Waals surface area contributed by atoms with Gasteiger partial charge in [0.15, 0.2) is 0 Å². The number of rotatable bonds is 4. The van der Waals surface area contributed by atoms with E-state index in [2.05, 4.69) is 50.7 Å². The highest BCUT2D eigenvalue weighted by atomic mass is 127. The molecule has 2 heterocycles. The number of nitrogens with zero attached hydrogens (tertiary/aromatic N) is 1. The monoisotopic (exact) mass is 487 g/mol. The van der Waals surface area contributed by atoms with Crippen molar-refractivity contribution in [2.75, 3.05) is 5.32 Å². The molecule has 2 N–H and O–H groups in total. The van der Waals surface area contributed by atoms with Crippen molar-refractivity contribution in [2.24, 2.45) is 0 Å². The summed E-state index contributed by atoms with van der Waals surface area (Å²) in [7, 11) is 0. The van der Waals surface area contributed by atoms with E-state index in [-0.39, 0.29) is 11.9 Å². The maximum Gasteiger partial charge on any atom is 0.253 e. The Morgan fingerprint density at radius 3 is 2.67 bits per heavy atom. The number of thiophene rings is 1. The van der Waals surface area contributed by atoms with Gasteiger partial charge in [0, 0.05) is 20.4 Å². The van der Waals surface area contributed by atoms with Crippen LogP contribution in [0.3, 0.4) is 0 Å². The number of aromatic nitrogens is 1. The molecule has 4 rings (SSSR count). The summed E-state index contributed by atoms with van der Waals surface area (Å²) in [4.78, 5) is 17.6. The van der Waals surface area contributed by atoms with Gasteiger partial charge in [-0.2, -0.15) is 0 Å². The first-order valence-corrected chi connectivity index (χ1v) is 10.6. The lowest BCUT2D eigenvalue weighted by molar-refractivity contribution is 0.0944. The quantitative estimate of drug-likeness (QED) is 0.351. The minimum atomic E-state index is -0.0991. The number of fused-ring (bicyclic) bond motifs is 3. The van der Waals surface area contributed by atoms with E-state index in [1.807, 2.05) is 50.2 Å². The summed E-state index contributed by atoms with van der Waals surface area (Å²) in [6.45, 7) is 3.91. The van der Waals surface area contributed by atoms with Crippen LogP contribution in [-0.2, 0) is 0 Å². The number of carbonyl (C=O) groups is 1. The van der Waals surface area contributed by atoms with Crippen LogP contribution in [0.25, 0.3) is 21.0 Å². The van der Waals surface area contributed by atoms with Crippen LogP contribution >= 0.6 is 33.9 Å². The Hall–Kier alpha value is -2.19. The lowest BCUT2D eigenvalue weighted by Crippen LogP contribution is -2.30. The van der Waals surface area contributed by atoms with Gasteiger partial charge in [-0.15, -0.1) is 11.3 Å². The highest BCUT2D eigenvalue weighted by molar-refractivity contribution is 14.1. The molecule has 0 unspecified atom stereocenters. The smallest absolute Gasteiger partial charge is 0.253 e. The molecule has 136 valence electrons. The van der Waals surface area contributed by atoms with E-state index in [9.17, 15) is 4.79 Å². The zero-order valence-electron chi connectivity index (χ0n) is 14.9. The fourth-order valence-electron chi connectivity index (χ4n) is 3.05. The van der Waals surface area contributed by atoms with E-state index >= 15 is 0 Å².